The van der Waals surface area contributed by atoms with Crippen LogP contribution in [0.1, 0.15) is 24.5 Å². The van der Waals surface area contributed by atoms with Crippen LogP contribution >= 0.6 is 23.2 Å². The van der Waals surface area contributed by atoms with E-state index < -0.39 is 6.10 Å². The van der Waals surface area contributed by atoms with Crippen molar-refractivity contribution in [2.45, 2.75) is 25.0 Å². The summed E-state index contributed by atoms with van der Waals surface area (Å²) < 4.78 is 0. The summed E-state index contributed by atoms with van der Waals surface area (Å²) in [6.07, 6.45) is 0.823. The number of rotatable bonds is 3. The molecule has 1 fully saturated rings. The first-order valence-corrected chi connectivity index (χ1v) is 6.85. The summed E-state index contributed by atoms with van der Waals surface area (Å²) in [5, 5.41) is 20.9. The predicted molar refractivity (Wildman–Crippen MR) is 73.1 cm³/mol. The van der Waals surface area contributed by atoms with Gasteiger partial charge in [-0.25, -0.2) is 0 Å². The van der Waals surface area contributed by atoms with Gasteiger partial charge in [-0.15, -0.1) is 0 Å². The van der Waals surface area contributed by atoms with E-state index in [-0.39, 0.29) is 6.10 Å². The van der Waals surface area contributed by atoms with Crippen LogP contribution in [0.5, 0.6) is 0 Å². The highest BCUT2D eigenvalue weighted by Crippen LogP contribution is 2.27. The summed E-state index contributed by atoms with van der Waals surface area (Å²) in [6, 6.07) is 5.08. The summed E-state index contributed by atoms with van der Waals surface area (Å²) in [6.45, 7) is 1.97. The third kappa shape index (κ3) is 3.59. The Labute approximate surface area is 117 Å². The molecule has 1 saturated heterocycles. The van der Waals surface area contributed by atoms with Crippen LogP contribution in [0, 0.1) is 0 Å². The van der Waals surface area contributed by atoms with E-state index in [0.717, 1.165) is 19.4 Å². The zero-order valence-corrected chi connectivity index (χ0v) is 11.5. The molecular weight excluding hydrogens is 273 g/mol. The van der Waals surface area contributed by atoms with Crippen molar-refractivity contribution in [3.05, 3.63) is 33.8 Å². The van der Waals surface area contributed by atoms with Gasteiger partial charge in [-0.2, -0.15) is 0 Å². The van der Waals surface area contributed by atoms with Gasteiger partial charge in [-0.1, -0.05) is 23.2 Å². The Kier molecular flexibility index (Phi) is 4.87. The van der Waals surface area contributed by atoms with Crippen LogP contribution in [0.25, 0.3) is 0 Å². The zero-order chi connectivity index (χ0) is 13.1. The number of β-amino-alcohol motifs (C(OH)–C–C–N with tert-alkyl or cyclic N) is 2. The van der Waals surface area contributed by atoms with Crippen LogP contribution in [0.15, 0.2) is 18.2 Å². The lowest BCUT2D eigenvalue weighted by molar-refractivity contribution is 0.0392. The molecule has 1 aromatic rings. The standard InChI is InChI=1S/C13H17Cl2NO2/c14-9-3-4-12(15)11(6-9)13(18)8-16-5-1-2-10(17)7-16/h3-4,6,10,13,17-18H,1-2,5,7-8H2/t10-,13+/m1/s1. The minimum Gasteiger partial charge on any atom is -0.392 e. The maximum absolute atomic E-state index is 10.2. The lowest BCUT2D eigenvalue weighted by Crippen LogP contribution is -2.40. The molecule has 5 heteroatoms. The molecule has 2 rings (SSSR count). The Morgan fingerprint density at radius 3 is 2.89 bits per heavy atom. The average molecular weight is 290 g/mol. The van der Waals surface area contributed by atoms with Crippen LogP contribution < -0.4 is 0 Å². The molecule has 1 aromatic carbocycles. The molecule has 1 heterocycles. The van der Waals surface area contributed by atoms with Gasteiger partial charge in [0.05, 0.1) is 12.2 Å². The number of nitrogens with zero attached hydrogens (tertiary/aromatic N) is 1. The fraction of sp³-hybridized carbons (Fsp3) is 0.538. The van der Waals surface area contributed by atoms with Crippen molar-refractivity contribution in [1.29, 1.82) is 0 Å². The molecular formula is C13H17Cl2NO2. The smallest absolute Gasteiger partial charge is 0.0931 e. The molecule has 0 spiro atoms. The third-order valence-electron chi connectivity index (χ3n) is 3.23. The van der Waals surface area contributed by atoms with Gasteiger partial charge in [-0.05, 0) is 37.6 Å². The van der Waals surface area contributed by atoms with Gasteiger partial charge in [0, 0.05) is 28.7 Å². The Bertz CT molecular complexity index is 414. The molecule has 0 radical (unpaired) electrons. The second-order valence-corrected chi connectivity index (χ2v) is 5.58. The largest absolute Gasteiger partial charge is 0.392 e. The number of likely N-dealkylation sites (tertiary alicyclic amines) is 1. The number of benzene rings is 1. The molecule has 0 aromatic heterocycles. The highest BCUT2D eigenvalue weighted by molar-refractivity contribution is 6.33. The van der Waals surface area contributed by atoms with Gasteiger partial charge in [0.25, 0.3) is 0 Å². The summed E-state index contributed by atoms with van der Waals surface area (Å²) in [5.74, 6) is 0. The van der Waals surface area contributed by atoms with E-state index in [0.29, 0.717) is 28.7 Å². The molecule has 2 atom stereocenters. The number of piperidine rings is 1. The SMILES string of the molecule is O[C@@H]1CCCN(C[C@H](O)c2cc(Cl)ccc2Cl)C1. The highest BCUT2D eigenvalue weighted by atomic mass is 35.5. The minimum atomic E-state index is -0.679. The van der Waals surface area contributed by atoms with E-state index in [2.05, 4.69) is 4.90 Å². The van der Waals surface area contributed by atoms with E-state index >= 15 is 0 Å². The van der Waals surface area contributed by atoms with Crippen LogP contribution in [0.2, 0.25) is 10.0 Å². The Morgan fingerprint density at radius 2 is 2.17 bits per heavy atom. The quantitative estimate of drug-likeness (QED) is 0.899. The molecule has 1 aliphatic rings. The van der Waals surface area contributed by atoms with E-state index in [9.17, 15) is 10.2 Å². The number of hydrogen-bond acceptors (Lipinski definition) is 3. The zero-order valence-electron chi connectivity index (χ0n) is 10.0. The van der Waals surface area contributed by atoms with Gasteiger partial charge >= 0.3 is 0 Å². The van der Waals surface area contributed by atoms with E-state index in [1.54, 1.807) is 18.2 Å². The molecule has 18 heavy (non-hydrogen) atoms. The first-order chi connectivity index (χ1) is 8.56. The van der Waals surface area contributed by atoms with Crippen molar-refractivity contribution < 1.29 is 10.2 Å². The number of aliphatic hydroxyl groups excluding tert-OH is 2. The second kappa shape index (κ2) is 6.22. The van der Waals surface area contributed by atoms with Crippen molar-refractivity contribution >= 4 is 23.2 Å². The van der Waals surface area contributed by atoms with Gasteiger partial charge in [0.1, 0.15) is 0 Å². The summed E-state index contributed by atoms with van der Waals surface area (Å²) >= 11 is 12.0. The minimum absolute atomic E-state index is 0.291. The van der Waals surface area contributed by atoms with Crippen LogP contribution in [-0.2, 0) is 0 Å². The monoisotopic (exact) mass is 289 g/mol. The maximum atomic E-state index is 10.2. The molecule has 2 N–H and O–H groups in total. The van der Waals surface area contributed by atoms with Gasteiger partial charge in [0.2, 0.25) is 0 Å². The topological polar surface area (TPSA) is 43.7 Å². The van der Waals surface area contributed by atoms with E-state index in [1.807, 2.05) is 0 Å². The lowest BCUT2D eigenvalue weighted by atomic mass is 10.1. The highest BCUT2D eigenvalue weighted by Gasteiger charge is 2.21. The van der Waals surface area contributed by atoms with Gasteiger partial charge in [-0.3, -0.25) is 4.90 Å². The first kappa shape index (κ1) is 14.1. The second-order valence-electron chi connectivity index (χ2n) is 4.74. The molecule has 0 bridgehead atoms. The molecule has 0 amide bonds. The third-order valence-corrected chi connectivity index (χ3v) is 3.81. The molecule has 100 valence electrons. The molecule has 0 saturated carbocycles. The average Bonchev–Trinajstić information content (AvgIpc) is 2.32. The number of halogens is 2. The fourth-order valence-corrected chi connectivity index (χ4v) is 2.73. The summed E-state index contributed by atoms with van der Waals surface area (Å²) in [4.78, 5) is 2.05. The lowest BCUT2D eigenvalue weighted by Gasteiger charge is -2.31. The van der Waals surface area contributed by atoms with Crippen molar-refractivity contribution in [3.8, 4) is 0 Å². The van der Waals surface area contributed by atoms with Crippen LogP contribution in [0.3, 0.4) is 0 Å². The molecule has 0 unspecified atom stereocenters. The predicted octanol–water partition coefficient (Wildman–Crippen LogP) is 2.48. The van der Waals surface area contributed by atoms with Crippen molar-refractivity contribution in [2.75, 3.05) is 19.6 Å². The van der Waals surface area contributed by atoms with Crippen molar-refractivity contribution in [3.63, 3.8) is 0 Å². The Balaban J connectivity index is 2.02. The van der Waals surface area contributed by atoms with E-state index in [1.165, 1.54) is 0 Å². The van der Waals surface area contributed by atoms with E-state index in [4.69, 9.17) is 23.2 Å². The summed E-state index contributed by atoms with van der Waals surface area (Å²) in [7, 11) is 0. The molecule has 3 nitrogen and oxygen atoms in total. The fourth-order valence-electron chi connectivity index (χ4n) is 2.31. The van der Waals surface area contributed by atoms with Crippen LogP contribution in [-0.4, -0.2) is 40.9 Å². The maximum Gasteiger partial charge on any atom is 0.0931 e. The Hall–Kier alpha value is -0.320. The van der Waals surface area contributed by atoms with Gasteiger partial charge in [0.15, 0.2) is 0 Å². The van der Waals surface area contributed by atoms with Gasteiger partial charge < -0.3 is 10.2 Å². The number of hydrogen-bond donors (Lipinski definition) is 2. The molecule has 1 aliphatic heterocycles. The first-order valence-electron chi connectivity index (χ1n) is 6.09. The van der Waals surface area contributed by atoms with Crippen LogP contribution in [0.4, 0.5) is 0 Å². The molecule has 0 aliphatic carbocycles. The normalized spacial score (nSPS) is 23.0. The Morgan fingerprint density at radius 1 is 1.39 bits per heavy atom. The van der Waals surface area contributed by atoms with Crippen molar-refractivity contribution in [2.24, 2.45) is 0 Å². The summed E-state index contributed by atoms with van der Waals surface area (Å²) in [5.41, 5.74) is 0.643. The van der Waals surface area contributed by atoms with Crippen molar-refractivity contribution in [1.82, 2.24) is 4.90 Å². The number of aliphatic hydroxyl groups is 2.